The van der Waals surface area contributed by atoms with Crippen molar-refractivity contribution in [2.24, 2.45) is 11.8 Å². The Morgan fingerprint density at radius 2 is 1.52 bits per heavy atom. The van der Waals surface area contributed by atoms with Crippen LogP contribution in [0.5, 0.6) is 0 Å². The van der Waals surface area contributed by atoms with Gasteiger partial charge in [0.05, 0.1) is 0 Å². The number of hydrogen-bond donors (Lipinski definition) is 1. The molecule has 2 atom stereocenters. The highest BCUT2D eigenvalue weighted by atomic mass is 14.8. The Labute approximate surface area is 177 Å². The molecule has 0 fully saturated rings. The lowest BCUT2D eigenvalue weighted by atomic mass is 9.70. The molecule has 0 aliphatic heterocycles. The molecule has 2 aromatic rings. The minimum atomic E-state index is 0.265. The summed E-state index contributed by atoms with van der Waals surface area (Å²) >= 11 is 0. The van der Waals surface area contributed by atoms with Crippen LogP contribution >= 0.6 is 0 Å². The van der Waals surface area contributed by atoms with E-state index in [9.17, 15) is 0 Å². The minimum Gasteiger partial charge on any atom is -0.388 e. The number of allylic oxidation sites excluding steroid dienone is 6. The second kappa shape index (κ2) is 11.3. The van der Waals surface area contributed by atoms with E-state index in [0.29, 0.717) is 5.92 Å². The van der Waals surface area contributed by atoms with Gasteiger partial charge in [-0.05, 0) is 47.6 Å². The van der Waals surface area contributed by atoms with Crippen molar-refractivity contribution in [3.8, 4) is 0 Å². The smallest absolute Gasteiger partial charge is 0.0423 e. The molecule has 29 heavy (non-hydrogen) atoms. The van der Waals surface area contributed by atoms with Crippen LogP contribution in [0.1, 0.15) is 45.2 Å². The maximum atomic E-state index is 4.46. The zero-order chi connectivity index (χ0) is 21.2. The molecule has 0 amide bonds. The lowest BCUT2D eigenvalue weighted by Crippen LogP contribution is -2.23. The van der Waals surface area contributed by atoms with Crippen molar-refractivity contribution in [3.05, 3.63) is 108 Å². The molecule has 0 saturated heterocycles. The van der Waals surface area contributed by atoms with Crippen molar-refractivity contribution >= 4 is 11.1 Å². The van der Waals surface area contributed by atoms with Crippen molar-refractivity contribution in [1.82, 2.24) is 5.32 Å². The molecule has 2 unspecified atom stereocenters. The van der Waals surface area contributed by atoms with Gasteiger partial charge in [0.1, 0.15) is 0 Å². The predicted molar refractivity (Wildman–Crippen MR) is 129 cm³/mol. The molecule has 1 N–H and O–H groups in total. The quantitative estimate of drug-likeness (QED) is 0.507. The van der Waals surface area contributed by atoms with Gasteiger partial charge in [-0.1, -0.05) is 100 Å². The second-order valence-corrected chi connectivity index (χ2v) is 6.98. The van der Waals surface area contributed by atoms with Gasteiger partial charge in [-0.15, -0.1) is 0 Å². The summed E-state index contributed by atoms with van der Waals surface area (Å²) in [6.07, 6.45) is 7.81. The maximum absolute atomic E-state index is 4.46. The number of likely N-dealkylation sites (N-methyl/N-ethyl adjacent to an activating group) is 1. The second-order valence-electron chi connectivity index (χ2n) is 6.98. The molecule has 0 saturated carbocycles. The van der Waals surface area contributed by atoms with E-state index < -0.39 is 0 Å². The molecule has 2 aromatic carbocycles. The van der Waals surface area contributed by atoms with Crippen molar-refractivity contribution in [1.29, 1.82) is 0 Å². The van der Waals surface area contributed by atoms with Gasteiger partial charge in [-0.25, -0.2) is 0 Å². The van der Waals surface area contributed by atoms with Gasteiger partial charge < -0.3 is 5.32 Å². The molecule has 1 heteroatoms. The van der Waals surface area contributed by atoms with Crippen LogP contribution in [0.2, 0.25) is 0 Å². The fourth-order valence-electron chi connectivity index (χ4n) is 4.11. The first kappa shape index (κ1) is 22.5. The van der Waals surface area contributed by atoms with Gasteiger partial charge >= 0.3 is 0 Å². The average Bonchev–Trinajstić information content (AvgIpc) is 2.79. The van der Waals surface area contributed by atoms with Crippen LogP contribution in [0.4, 0.5) is 0 Å². The standard InChI is InChI=1S/C26H29N.C2H6/c1-5-13-20(6-2)24-19(3)18-23(27-4)25(21-14-9-7-10-15-21)26(24)22-16-11-8-12-17-22;1-2/h5,7-18,20,24,27H,3,6H2,1-2,4H3;1-2H3/b13-5-;. The molecule has 0 bridgehead atoms. The summed E-state index contributed by atoms with van der Waals surface area (Å²) in [5.74, 6) is 0.687. The van der Waals surface area contributed by atoms with Gasteiger partial charge in [0, 0.05) is 24.2 Å². The zero-order valence-corrected chi connectivity index (χ0v) is 18.6. The van der Waals surface area contributed by atoms with E-state index in [2.05, 4.69) is 105 Å². The molecule has 3 rings (SSSR count). The Hall–Kier alpha value is -2.80. The molecular weight excluding hydrogens is 350 g/mol. The zero-order valence-electron chi connectivity index (χ0n) is 18.6. The van der Waals surface area contributed by atoms with E-state index in [-0.39, 0.29) is 5.92 Å². The van der Waals surface area contributed by atoms with Crippen LogP contribution in [0.3, 0.4) is 0 Å². The van der Waals surface area contributed by atoms with Crippen LogP contribution in [-0.2, 0) is 0 Å². The van der Waals surface area contributed by atoms with E-state index >= 15 is 0 Å². The van der Waals surface area contributed by atoms with E-state index in [1.165, 1.54) is 27.8 Å². The molecule has 1 aliphatic rings. The fourth-order valence-corrected chi connectivity index (χ4v) is 4.11. The van der Waals surface area contributed by atoms with E-state index in [1.807, 2.05) is 20.9 Å². The number of nitrogens with one attached hydrogen (secondary N) is 1. The first-order valence-electron chi connectivity index (χ1n) is 10.8. The average molecular weight is 386 g/mol. The monoisotopic (exact) mass is 385 g/mol. The Morgan fingerprint density at radius 3 is 2.00 bits per heavy atom. The molecule has 0 aromatic heterocycles. The van der Waals surface area contributed by atoms with Crippen LogP contribution in [0, 0.1) is 11.8 Å². The Balaban J connectivity index is 0.00000145. The molecule has 152 valence electrons. The summed E-state index contributed by atoms with van der Waals surface area (Å²) in [4.78, 5) is 0. The summed E-state index contributed by atoms with van der Waals surface area (Å²) in [6, 6.07) is 21.5. The SMILES string of the molecule is C=C1C=C(NC)C(c2ccccc2)=C(c2ccccc2)C1C(/C=C\C)CC.CC. The van der Waals surface area contributed by atoms with Gasteiger partial charge in [-0.3, -0.25) is 0 Å². The van der Waals surface area contributed by atoms with Crippen molar-refractivity contribution in [3.63, 3.8) is 0 Å². The van der Waals surface area contributed by atoms with Crippen molar-refractivity contribution in [2.75, 3.05) is 7.05 Å². The Morgan fingerprint density at radius 1 is 0.966 bits per heavy atom. The van der Waals surface area contributed by atoms with Gasteiger partial charge in [0.25, 0.3) is 0 Å². The Kier molecular flexibility index (Phi) is 8.73. The number of rotatable bonds is 6. The van der Waals surface area contributed by atoms with Crippen LogP contribution < -0.4 is 5.32 Å². The van der Waals surface area contributed by atoms with E-state index in [4.69, 9.17) is 0 Å². The predicted octanol–water partition coefficient (Wildman–Crippen LogP) is 7.52. The number of benzene rings is 2. The first-order chi connectivity index (χ1) is 14.2. The highest BCUT2D eigenvalue weighted by Crippen LogP contribution is 2.47. The van der Waals surface area contributed by atoms with Crippen LogP contribution in [0.25, 0.3) is 11.1 Å². The van der Waals surface area contributed by atoms with Crippen LogP contribution in [0.15, 0.2) is 96.7 Å². The first-order valence-corrected chi connectivity index (χ1v) is 10.8. The summed E-state index contributed by atoms with van der Waals surface area (Å²) in [5.41, 5.74) is 7.46. The van der Waals surface area contributed by atoms with Gasteiger partial charge in [0.2, 0.25) is 0 Å². The van der Waals surface area contributed by atoms with Gasteiger partial charge in [0.15, 0.2) is 0 Å². The van der Waals surface area contributed by atoms with E-state index in [0.717, 1.165) is 12.1 Å². The molecule has 1 aliphatic carbocycles. The highest BCUT2D eigenvalue weighted by Gasteiger charge is 2.32. The number of hydrogen-bond acceptors (Lipinski definition) is 1. The summed E-state index contributed by atoms with van der Waals surface area (Å²) in [6.45, 7) is 12.8. The summed E-state index contributed by atoms with van der Waals surface area (Å²) in [5, 5.41) is 3.42. The largest absolute Gasteiger partial charge is 0.388 e. The third kappa shape index (κ3) is 4.98. The Bertz CT molecular complexity index is 869. The third-order valence-corrected chi connectivity index (χ3v) is 5.33. The van der Waals surface area contributed by atoms with Gasteiger partial charge in [-0.2, -0.15) is 0 Å². The lowest BCUT2D eigenvalue weighted by Gasteiger charge is -2.35. The molecule has 1 nitrogen and oxygen atoms in total. The highest BCUT2D eigenvalue weighted by molar-refractivity contribution is 6.01. The maximum Gasteiger partial charge on any atom is 0.0423 e. The summed E-state index contributed by atoms with van der Waals surface area (Å²) in [7, 11) is 1.99. The van der Waals surface area contributed by atoms with Crippen LogP contribution in [-0.4, -0.2) is 7.05 Å². The fraction of sp³-hybridized carbons (Fsp3) is 0.286. The minimum absolute atomic E-state index is 0.265. The summed E-state index contributed by atoms with van der Waals surface area (Å²) < 4.78 is 0. The topological polar surface area (TPSA) is 12.0 Å². The van der Waals surface area contributed by atoms with Crippen molar-refractivity contribution in [2.45, 2.75) is 34.1 Å². The van der Waals surface area contributed by atoms with E-state index in [1.54, 1.807) is 0 Å². The molecule has 0 radical (unpaired) electrons. The molecule has 0 spiro atoms. The molecular formula is C28H35N. The normalized spacial score (nSPS) is 17.5. The lowest BCUT2D eigenvalue weighted by molar-refractivity contribution is 0.534. The third-order valence-electron chi connectivity index (χ3n) is 5.33. The van der Waals surface area contributed by atoms with Crippen molar-refractivity contribution < 1.29 is 0 Å². The molecule has 0 heterocycles.